The van der Waals surface area contributed by atoms with Gasteiger partial charge in [0.1, 0.15) is 0 Å². The number of hydrogen-bond acceptors (Lipinski definition) is 5. The number of ketones is 1. The molecular formula is C35H37N3O4S. The lowest BCUT2D eigenvalue weighted by atomic mass is 9.86. The number of nitrogens with zero attached hydrogens (tertiary/aromatic N) is 2. The average Bonchev–Trinajstić information content (AvgIpc) is 3.01. The van der Waals surface area contributed by atoms with E-state index in [1.807, 2.05) is 36.4 Å². The molecule has 1 amide bonds. The van der Waals surface area contributed by atoms with Crippen LogP contribution in [0.4, 0.5) is 5.69 Å². The van der Waals surface area contributed by atoms with Crippen molar-refractivity contribution in [2.45, 2.75) is 37.6 Å². The first-order valence-electron chi connectivity index (χ1n) is 14.4. The van der Waals surface area contributed by atoms with Gasteiger partial charge in [0, 0.05) is 55.1 Å². The largest absolute Gasteiger partial charge is 0.322 e. The van der Waals surface area contributed by atoms with Crippen LogP contribution in [0.5, 0.6) is 0 Å². The SMILES string of the molecule is CC(C)(C)c1ccc(C(=O)c2cccc(NC(=O)c3ccc(CN4CCN(S(=O)(=O)c5ccccc5)CC4)cc3)c2)cc1. The summed E-state index contributed by atoms with van der Waals surface area (Å²) in [7, 11) is -3.48. The quantitative estimate of drug-likeness (QED) is 0.254. The minimum absolute atomic E-state index is 0.00746. The van der Waals surface area contributed by atoms with Gasteiger partial charge in [0.2, 0.25) is 10.0 Å². The molecule has 1 aliphatic heterocycles. The van der Waals surface area contributed by atoms with Crippen molar-refractivity contribution in [3.05, 3.63) is 131 Å². The highest BCUT2D eigenvalue weighted by molar-refractivity contribution is 7.89. The Labute approximate surface area is 254 Å². The molecule has 0 aliphatic carbocycles. The third-order valence-corrected chi connectivity index (χ3v) is 9.64. The van der Waals surface area contributed by atoms with Gasteiger partial charge in [-0.3, -0.25) is 14.5 Å². The standard InChI is InChI=1S/C35H37N3O4S/c1-35(2,3)30-18-16-27(17-19-30)33(39)29-8-7-9-31(24-29)36-34(40)28-14-12-26(13-15-28)25-37-20-22-38(23-21-37)43(41,42)32-10-5-4-6-11-32/h4-19,24H,20-23,25H2,1-3H3,(H,36,40). The van der Waals surface area contributed by atoms with E-state index in [1.54, 1.807) is 66.7 Å². The van der Waals surface area contributed by atoms with Gasteiger partial charge in [0.25, 0.3) is 5.91 Å². The molecule has 0 saturated carbocycles. The van der Waals surface area contributed by atoms with Crippen LogP contribution in [0.1, 0.15) is 58.2 Å². The molecule has 1 heterocycles. The third kappa shape index (κ3) is 7.28. The maximum atomic E-state index is 13.1. The van der Waals surface area contributed by atoms with Crippen molar-refractivity contribution in [1.29, 1.82) is 0 Å². The summed E-state index contributed by atoms with van der Waals surface area (Å²) < 4.78 is 27.3. The molecule has 43 heavy (non-hydrogen) atoms. The van der Waals surface area contributed by atoms with Gasteiger partial charge in [-0.1, -0.05) is 87.5 Å². The first kappa shape index (κ1) is 30.4. The molecule has 0 radical (unpaired) electrons. The fourth-order valence-electron chi connectivity index (χ4n) is 5.12. The summed E-state index contributed by atoms with van der Waals surface area (Å²) in [5.74, 6) is -0.357. The molecule has 4 aromatic rings. The summed E-state index contributed by atoms with van der Waals surface area (Å²) in [6.07, 6.45) is 0. The first-order valence-corrected chi connectivity index (χ1v) is 15.9. The Bertz CT molecular complexity index is 1690. The zero-order chi connectivity index (χ0) is 30.6. The molecule has 4 aromatic carbocycles. The van der Waals surface area contributed by atoms with Gasteiger partial charge in [0.15, 0.2) is 5.78 Å². The Balaban J connectivity index is 1.16. The van der Waals surface area contributed by atoms with Gasteiger partial charge in [0.05, 0.1) is 4.90 Å². The molecule has 222 valence electrons. The van der Waals surface area contributed by atoms with Crippen molar-refractivity contribution in [2.75, 3.05) is 31.5 Å². The molecule has 0 atom stereocenters. The van der Waals surface area contributed by atoms with Crippen molar-refractivity contribution in [3.63, 3.8) is 0 Å². The van der Waals surface area contributed by atoms with Crippen LogP contribution in [0, 0.1) is 0 Å². The number of carbonyl (C=O) groups excluding carboxylic acids is 2. The third-order valence-electron chi connectivity index (χ3n) is 7.73. The van der Waals surface area contributed by atoms with Crippen LogP contribution in [0.3, 0.4) is 0 Å². The Morgan fingerprint density at radius 3 is 1.98 bits per heavy atom. The van der Waals surface area contributed by atoms with E-state index in [9.17, 15) is 18.0 Å². The van der Waals surface area contributed by atoms with Crippen molar-refractivity contribution >= 4 is 27.4 Å². The van der Waals surface area contributed by atoms with Gasteiger partial charge < -0.3 is 5.32 Å². The molecule has 1 saturated heterocycles. The lowest BCUT2D eigenvalue weighted by Crippen LogP contribution is -2.48. The van der Waals surface area contributed by atoms with E-state index in [0.29, 0.717) is 60.0 Å². The van der Waals surface area contributed by atoms with E-state index in [1.165, 1.54) is 4.31 Å². The Kier molecular flexibility index (Phi) is 8.92. The Morgan fingerprint density at radius 2 is 1.35 bits per heavy atom. The summed E-state index contributed by atoms with van der Waals surface area (Å²) >= 11 is 0. The number of piperazine rings is 1. The van der Waals surface area contributed by atoms with Crippen molar-refractivity contribution in [1.82, 2.24) is 9.21 Å². The summed E-state index contributed by atoms with van der Waals surface area (Å²) in [4.78, 5) is 28.6. The van der Waals surface area contributed by atoms with E-state index in [0.717, 1.165) is 11.1 Å². The number of anilines is 1. The average molecular weight is 596 g/mol. The van der Waals surface area contributed by atoms with Crippen LogP contribution in [0.25, 0.3) is 0 Å². The fraction of sp³-hybridized carbons (Fsp3) is 0.257. The van der Waals surface area contributed by atoms with E-state index >= 15 is 0 Å². The summed E-state index contributed by atoms with van der Waals surface area (Å²) in [6.45, 7) is 9.19. The Morgan fingerprint density at radius 1 is 0.721 bits per heavy atom. The maximum Gasteiger partial charge on any atom is 0.255 e. The summed E-state index contributed by atoms with van der Waals surface area (Å²) in [5, 5.41) is 2.90. The number of nitrogens with one attached hydrogen (secondary N) is 1. The normalized spacial score (nSPS) is 14.8. The Hall–Kier alpha value is -4.11. The predicted molar refractivity (Wildman–Crippen MR) is 170 cm³/mol. The summed E-state index contributed by atoms with van der Waals surface area (Å²) in [6, 6.07) is 30.6. The highest BCUT2D eigenvalue weighted by Gasteiger charge is 2.28. The minimum Gasteiger partial charge on any atom is -0.322 e. The van der Waals surface area contributed by atoms with Crippen molar-refractivity contribution in [3.8, 4) is 0 Å². The zero-order valence-corrected chi connectivity index (χ0v) is 25.6. The van der Waals surface area contributed by atoms with Crippen LogP contribution < -0.4 is 5.32 Å². The topological polar surface area (TPSA) is 86.8 Å². The minimum atomic E-state index is -3.48. The van der Waals surface area contributed by atoms with E-state index in [4.69, 9.17) is 0 Å². The predicted octanol–water partition coefficient (Wildman–Crippen LogP) is 5.97. The monoisotopic (exact) mass is 595 g/mol. The molecule has 0 bridgehead atoms. The van der Waals surface area contributed by atoms with E-state index in [-0.39, 0.29) is 17.1 Å². The van der Waals surface area contributed by atoms with Gasteiger partial charge in [-0.15, -0.1) is 0 Å². The molecule has 5 rings (SSSR count). The number of hydrogen-bond donors (Lipinski definition) is 1. The molecular weight excluding hydrogens is 558 g/mol. The van der Waals surface area contributed by atoms with Crippen LogP contribution in [-0.4, -0.2) is 55.5 Å². The van der Waals surface area contributed by atoms with Crippen molar-refractivity contribution < 1.29 is 18.0 Å². The smallest absolute Gasteiger partial charge is 0.255 e. The first-order chi connectivity index (χ1) is 20.5. The molecule has 1 N–H and O–H groups in total. The number of rotatable bonds is 8. The zero-order valence-electron chi connectivity index (χ0n) is 24.8. The highest BCUT2D eigenvalue weighted by Crippen LogP contribution is 2.24. The molecule has 0 aromatic heterocycles. The van der Waals surface area contributed by atoms with Gasteiger partial charge >= 0.3 is 0 Å². The van der Waals surface area contributed by atoms with Crippen LogP contribution >= 0.6 is 0 Å². The lowest BCUT2D eigenvalue weighted by Gasteiger charge is -2.34. The number of carbonyl (C=O) groups is 2. The van der Waals surface area contributed by atoms with Gasteiger partial charge in [-0.2, -0.15) is 4.31 Å². The number of sulfonamides is 1. The lowest BCUT2D eigenvalue weighted by molar-refractivity contribution is 0.102. The van der Waals surface area contributed by atoms with Gasteiger partial charge in [-0.25, -0.2) is 8.42 Å². The second-order valence-electron chi connectivity index (χ2n) is 11.9. The van der Waals surface area contributed by atoms with Crippen LogP contribution in [0.15, 0.2) is 108 Å². The van der Waals surface area contributed by atoms with Crippen LogP contribution in [-0.2, 0) is 22.0 Å². The van der Waals surface area contributed by atoms with Crippen molar-refractivity contribution in [2.24, 2.45) is 0 Å². The summed E-state index contributed by atoms with van der Waals surface area (Å²) in [5.41, 5.74) is 4.38. The van der Waals surface area contributed by atoms with E-state index in [2.05, 4.69) is 31.0 Å². The maximum absolute atomic E-state index is 13.1. The highest BCUT2D eigenvalue weighted by atomic mass is 32.2. The second-order valence-corrected chi connectivity index (χ2v) is 13.8. The fourth-order valence-corrected chi connectivity index (χ4v) is 6.56. The molecule has 1 fully saturated rings. The number of benzene rings is 4. The second kappa shape index (κ2) is 12.6. The molecule has 8 heteroatoms. The van der Waals surface area contributed by atoms with E-state index < -0.39 is 10.0 Å². The van der Waals surface area contributed by atoms with Gasteiger partial charge in [-0.05, 0) is 52.9 Å². The molecule has 1 aliphatic rings. The molecule has 0 unspecified atom stereocenters. The van der Waals surface area contributed by atoms with Crippen LogP contribution in [0.2, 0.25) is 0 Å². The molecule has 7 nitrogen and oxygen atoms in total. The molecule has 0 spiro atoms. The number of amides is 1.